The van der Waals surface area contributed by atoms with Crippen molar-refractivity contribution in [2.45, 2.75) is 42.2 Å². The highest BCUT2D eigenvalue weighted by atomic mass is 32.2. The fraction of sp³-hybridized carbons (Fsp3) is 0.276. The van der Waals surface area contributed by atoms with E-state index in [1.54, 1.807) is 40.9 Å². The van der Waals surface area contributed by atoms with Gasteiger partial charge in [0.25, 0.3) is 0 Å². The molecule has 1 N–H and O–H groups in total. The number of aliphatic hydroxyl groups is 1. The molecule has 7 heteroatoms. The van der Waals surface area contributed by atoms with Crippen LogP contribution in [-0.2, 0) is 9.53 Å². The largest absolute Gasteiger partial charge is 0.449 e. The molecule has 2 saturated heterocycles. The second-order valence-electron chi connectivity index (χ2n) is 9.59. The fourth-order valence-electron chi connectivity index (χ4n) is 4.92. The zero-order valence-electron chi connectivity index (χ0n) is 19.9. The zero-order chi connectivity index (χ0) is 25.4. The third-order valence-corrected chi connectivity index (χ3v) is 8.45. The molecule has 3 aromatic carbocycles. The van der Waals surface area contributed by atoms with Crippen LogP contribution < -0.4 is 0 Å². The summed E-state index contributed by atoms with van der Waals surface area (Å²) in [5.41, 5.74) is 2.63. The smallest absolute Gasteiger partial charge is 0.339 e. The molecular formula is C29H26N2O4S. The van der Waals surface area contributed by atoms with Gasteiger partial charge in [0.1, 0.15) is 6.04 Å². The van der Waals surface area contributed by atoms with Crippen molar-refractivity contribution in [3.63, 3.8) is 0 Å². The van der Waals surface area contributed by atoms with E-state index in [1.807, 2.05) is 74.5 Å². The van der Waals surface area contributed by atoms with Crippen LogP contribution in [0.2, 0.25) is 0 Å². The number of nitrogens with zero attached hydrogens (tertiary/aromatic N) is 2. The van der Waals surface area contributed by atoms with Crippen molar-refractivity contribution in [2.24, 2.45) is 5.92 Å². The summed E-state index contributed by atoms with van der Waals surface area (Å²) < 4.78 is 5.52. The molecule has 0 aliphatic carbocycles. The Bertz CT molecular complexity index is 1270. The highest BCUT2D eigenvalue weighted by molar-refractivity contribution is 8.01. The summed E-state index contributed by atoms with van der Waals surface area (Å²) in [7, 11) is 0. The van der Waals surface area contributed by atoms with Gasteiger partial charge in [0.05, 0.1) is 29.0 Å². The van der Waals surface area contributed by atoms with Gasteiger partial charge in [-0.1, -0.05) is 72.8 Å². The SMILES string of the molecule is CC1(C)SC2C(C(O)c3ccc(C(=O)OC(c4ccccc4)c4ccccc4)cc3)C(=O)N2C1C#N. The van der Waals surface area contributed by atoms with Crippen molar-refractivity contribution in [1.82, 2.24) is 4.90 Å². The number of hydrogen-bond donors (Lipinski definition) is 1. The number of carbonyl (C=O) groups excluding carboxylic acids is 2. The van der Waals surface area contributed by atoms with E-state index in [-0.39, 0.29) is 11.3 Å². The van der Waals surface area contributed by atoms with Crippen LogP contribution in [0.3, 0.4) is 0 Å². The molecule has 2 aliphatic rings. The number of thioether (sulfide) groups is 1. The third kappa shape index (κ3) is 4.17. The summed E-state index contributed by atoms with van der Waals surface area (Å²) in [5.74, 6) is -1.32. The maximum absolute atomic E-state index is 13.0. The minimum atomic E-state index is -1.02. The summed E-state index contributed by atoms with van der Waals surface area (Å²) in [6, 6.07) is 27.4. The molecule has 2 aliphatic heterocycles. The Hall–Kier alpha value is -3.60. The number of benzene rings is 3. The van der Waals surface area contributed by atoms with Gasteiger partial charge in [-0.3, -0.25) is 4.79 Å². The highest BCUT2D eigenvalue weighted by Crippen LogP contribution is 2.55. The summed E-state index contributed by atoms with van der Waals surface area (Å²) in [6.07, 6.45) is -1.58. The number of esters is 1. The van der Waals surface area contributed by atoms with Crippen LogP contribution in [0.5, 0.6) is 0 Å². The van der Waals surface area contributed by atoms with Crippen LogP contribution in [0.4, 0.5) is 0 Å². The molecule has 0 aromatic heterocycles. The molecule has 2 heterocycles. The minimum Gasteiger partial charge on any atom is -0.449 e. The first-order chi connectivity index (χ1) is 17.3. The molecule has 2 fully saturated rings. The average Bonchev–Trinajstić information content (AvgIpc) is 3.14. The molecule has 0 saturated carbocycles. The summed E-state index contributed by atoms with van der Waals surface area (Å²) in [4.78, 5) is 27.4. The number of fused-ring (bicyclic) bond motifs is 1. The molecule has 5 rings (SSSR count). The van der Waals surface area contributed by atoms with Crippen LogP contribution >= 0.6 is 11.8 Å². The van der Waals surface area contributed by atoms with E-state index in [4.69, 9.17) is 4.74 Å². The predicted octanol–water partition coefficient (Wildman–Crippen LogP) is 4.87. The topological polar surface area (TPSA) is 90.6 Å². The Morgan fingerprint density at radius 3 is 2.06 bits per heavy atom. The van der Waals surface area contributed by atoms with Gasteiger partial charge in [0, 0.05) is 4.75 Å². The molecule has 182 valence electrons. The van der Waals surface area contributed by atoms with Gasteiger partial charge in [-0.05, 0) is 42.7 Å². The first-order valence-electron chi connectivity index (χ1n) is 11.8. The first-order valence-corrected chi connectivity index (χ1v) is 12.7. The van der Waals surface area contributed by atoms with Gasteiger partial charge in [0.2, 0.25) is 5.91 Å². The third-order valence-electron chi connectivity index (χ3n) is 6.86. The summed E-state index contributed by atoms with van der Waals surface area (Å²) in [5, 5.41) is 20.3. The van der Waals surface area contributed by atoms with Gasteiger partial charge < -0.3 is 14.7 Å². The standard InChI is InChI=1S/C29H26N2O4S/c1-29(2)22(17-30)31-26(33)23(27(31)36-29)24(32)18-13-15-21(16-14-18)28(34)35-25(19-9-5-3-6-10-19)20-11-7-4-8-12-20/h3-16,22-25,27,32H,1-2H3. The Morgan fingerprint density at radius 2 is 1.53 bits per heavy atom. The number of rotatable bonds is 6. The Labute approximate surface area is 214 Å². The van der Waals surface area contributed by atoms with Crippen molar-refractivity contribution in [1.29, 1.82) is 5.26 Å². The van der Waals surface area contributed by atoms with Crippen molar-refractivity contribution < 1.29 is 19.4 Å². The number of carbonyl (C=O) groups is 2. The molecule has 4 unspecified atom stereocenters. The lowest BCUT2D eigenvalue weighted by Crippen LogP contribution is -2.61. The normalized spacial score (nSPS) is 22.9. The minimum absolute atomic E-state index is 0.214. The quantitative estimate of drug-likeness (QED) is 0.385. The Morgan fingerprint density at radius 1 is 0.972 bits per heavy atom. The van der Waals surface area contributed by atoms with E-state index in [0.29, 0.717) is 11.1 Å². The molecule has 36 heavy (non-hydrogen) atoms. The number of amides is 1. The van der Waals surface area contributed by atoms with E-state index >= 15 is 0 Å². The maximum Gasteiger partial charge on any atom is 0.339 e. The zero-order valence-corrected chi connectivity index (χ0v) is 20.8. The number of nitriles is 1. The van der Waals surface area contributed by atoms with Crippen LogP contribution in [-0.4, -0.2) is 38.0 Å². The van der Waals surface area contributed by atoms with Gasteiger partial charge in [0.15, 0.2) is 6.10 Å². The summed E-state index contributed by atoms with van der Waals surface area (Å²) >= 11 is 1.54. The van der Waals surface area contributed by atoms with Crippen molar-refractivity contribution in [2.75, 3.05) is 0 Å². The lowest BCUT2D eigenvalue weighted by atomic mass is 9.85. The Kier molecular flexibility index (Phi) is 6.33. The van der Waals surface area contributed by atoms with Crippen molar-refractivity contribution in [3.8, 4) is 6.07 Å². The molecule has 1 amide bonds. The molecule has 4 atom stereocenters. The van der Waals surface area contributed by atoms with Crippen LogP contribution in [0, 0.1) is 17.2 Å². The van der Waals surface area contributed by atoms with Crippen LogP contribution in [0.25, 0.3) is 0 Å². The highest BCUT2D eigenvalue weighted by Gasteiger charge is 2.63. The molecule has 3 aromatic rings. The summed E-state index contributed by atoms with van der Waals surface area (Å²) in [6.45, 7) is 3.89. The lowest BCUT2D eigenvalue weighted by molar-refractivity contribution is -0.159. The molecular weight excluding hydrogens is 472 g/mol. The average molecular weight is 499 g/mol. The number of ether oxygens (including phenoxy) is 1. The fourth-order valence-corrected chi connectivity index (χ4v) is 6.59. The van der Waals surface area contributed by atoms with Crippen LogP contribution in [0.1, 0.15) is 53.1 Å². The molecule has 0 radical (unpaired) electrons. The second kappa shape index (κ2) is 9.45. The number of hydrogen-bond acceptors (Lipinski definition) is 6. The number of aliphatic hydroxyl groups excluding tert-OH is 1. The van der Waals surface area contributed by atoms with E-state index in [9.17, 15) is 20.0 Å². The predicted molar refractivity (Wildman–Crippen MR) is 137 cm³/mol. The van der Waals surface area contributed by atoms with E-state index in [1.165, 1.54) is 0 Å². The molecule has 0 spiro atoms. The maximum atomic E-state index is 13.0. The molecule has 0 bridgehead atoms. The van der Waals surface area contributed by atoms with Gasteiger partial charge in [-0.25, -0.2) is 4.79 Å². The first kappa shape index (κ1) is 24.1. The van der Waals surface area contributed by atoms with Gasteiger partial charge >= 0.3 is 5.97 Å². The van der Waals surface area contributed by atoms with E-state index < -0.39 is 34.9 Å². The Balaban J connectivity index is 1.31. The van der Waals surface area contributed by atoms with E-state index in [0.717, 1.165) is 11.1 Å². The number of β-lactam (4-membered cyclic amide) rings is 1. The monoisotopic (exact) mass is 498 g/mol. The van der Waals surface area contributed by atoms with Crippen LogP contribution in [0.15, 0.2) is 84.9 Å². The van der Waals surface area contributed by atoms with Gasteiger partial charge in [-0.2, -0.15) is 5.26 Å². The van der Waals surface area contributed by atoms with Gasteiger partial charge in [-0.15, -0.1) is 11.8 Å². The molecule has 6 nitrogen and oxygen atoms in total. The van der Waals surface area contributed by atoms with E-state index in [2.05, 4.69) is 6.07 Å². The lowest BCUT2D eigenvalue weighted by Gasteiger charge is -2.45. The van der Waals surface area contributed by atoms with Crippen molar-refractivity contribution >= 4 is 23.6 Å². The van der Waals surface area contributed by atoms with Crippen molar-refractivity contribution in [3.05, 3.63) is 107 Å². The second-order valence-corrected chi connectivity index (χ2v) is 11.4.